The van der Waals surface area contributed by atoms with Gasteiger partial charge in [-0.3, -0.25) is 0 Å². The second-order valence-corrected chi connectivity index (χ2v) is 5.59. The summed E-state index contributed by atoms with van der Waals surface area (Å²) in [5.41, 5.74) is 0. The van der Waals surface area contributed by atoms with E-state index >= 15 is 0 Å². The van der Waals surface area contributed by atoms with Gasteiger partial charge in [-0.05, 0) is 30.8 Å². The average Bonchev–Trinajstić information content (AvgIpc) is 2.84. The fourth-order valence-electron chi connectivity index (χ4n) is 1.33. The number of hydrogen-bond acceptors (Lipinski definition) is 5. The first-order valence-corrected chi connectivity index (χ1v) is 7.46. The minimum atomic E-state index is 0.631. The van der Waals surface area contributed by atoms with Crippen molar-refractivity contribution >= 4 is 27.7 Å². The number of nitrogens with zero attached hydrogens (tertiary/aromatic N) is 2. The van der Waals surface area contributed by atoms with Gasteiger partial charge in [0, 0.05) is 9.37 Å². The zero-order valence-electron chi connectivity index (χ0n) is 10.0. The van der Waals surface area contributed by atoms with Crippen molar-refractivity contribution in [2.75, 3.05) is 6.54 Å². The number of aromatic nitrogens is 2. The number of nitrogens with one attached hydrogen (secondary N) is 1. The van der Waals surface area contributed by atoms with Crippen LogP contribution in [-0.4, -0.2) is 16.7 Å². The van der Waals surface area contributed by atoms with Gasteiger partial charge >= 0.3 is 0 Å². The Kier molecular flexibility index (Phi) is 5.22. The molecule has 0 radical (unpaired) electrons. The van der Waals surface area contributed by atoms with Gasteiger partial charge in [-0.2, -0.15) is 4.98 Å². The summed E-state index contributed by atoms with van der Waals surface area (Å²) >= 11 is 5.11. The minimum Gasteiger partial charge on any atom is -0.338 e. The molecule has 0 bridgehead atoms. The third-order valence-corrected chi connectivity index (χ3v) is 3.75. The van der Waals surface area contributed by atoms with Gasteiger partial charge in [0.1, 0.15) is 0 Å². The molecule has 0 atom stereocenters. The van der Waals surface area contributed by atoms with Gasteiger partial charge in [0.25, 0.3) is 0 Å². The van der Waals surface area contributed by atoms with Gasteiger partial charge in [-0.1, -0.05) is 28.0 Å². The Bertz CT molecular complexity index is 486. The van der Waals surface area contributed by atoms with E-state index in [0.29, 0.717) is 12.4 Å². The van der Waals surface area contributed by atoms with E-state index in [9.17, 15) is 0 Å². The highest BCUT2D eigenvalue weighted by molar-refractivity contribution is 9.10. The standard InChI is InChI=1S/C12H14BrN3OS/c1-2-14-7-12-15-11(16-17-12)8-18-10-5-3-9(13)4-6-10/h3-6,14H,2,7-8H2,1H3. The van der Waals surface area contributed by atoms with Crippen LogP contribution >= 0.6 is 27.7 Å². The van der Waals surface area contributed by atoms with Gasteiger partial charge in [0.15, 0.2) is 5.82 Å². The number of thioether (sulfide) groups is 1. The molecule has 0 spiro atoms. The zero-order valence-corrected chi connectivity index (χ0v) is 12.4. The normalized spacial score (nSPS) is 10.8. The Morgan fingerprint density at radius 3 is 2.83 bits per heavy atom. The van der Waals surface area contributed by atoms with E-state index in [0.717, 1.165) is 22.6 Å². The number of halogens is 1. The van der Waals surface area contributed by atoms with Crippen LogP contribution in [0.15, 0.2) is 38.2 Å². The minimum absolute atomic E-state index is 0.631. The van der Waals surface area contributed by atoms with Gasteiger partial charge in [0.05, 0.1) is 12.3 Å². The van der Waals surface area contributed by atoms with E-state index in [1.807, 2.05) is 19.1 Å². The van der Waals surface area contributed by atoms with Crippen LogP contribution in [0.1, 0.15) is 18.6 Å². The average molecular weight is 328 g/mol. The Balaban J connectivity index is 1.86. The summed E-state index contributed by atoms with van der Waals surface area (Å²) in [5.74, 6) is 2.09. The summed E-state index contributed by atoms with van der Waals surface area (Å²) in [6, 6.07) is 8.17. The summed E-state index contributed by atoms with van der Waals surface area (Å²) in [6.45, 7) is 3.57. The van der Waals surface area contributed by atoms with Gasteiger partial charge < -0.3 is 9.84 Å². The maximum absolute atomic E-state index is 5.13. The molecule has 1 aromatic carbocycles. The van der Waals surface area contributed by atoms with Crippen LogP contribution in [0.3, 0.4) is 0 Å². The summed E-state index contributed by atoms with van der Waals surface area (Å²) in [7, 11) is 0. The third-order valence-electron chi connectivity index (χ3n) is 2.22. The molecule has 1 N–H and O–H groups in total. The Labute approximate surface area is 119 Å². The second-order valence-electron chi connectivity index (χ2n) is 3.63. The van der Waals surface area contributed by atoms with E-state index < -0.39 is 0 Å². The van der Waals surface area contributed by atoms with E-state index in [2.05, 4.69) is 43.5 Å². The van der Waals surface area contributed by atoms with Gasteiger partial charge in [-0.25, -0.2) is 0 Å². The molecule has 0 aliphatic carbocycles. The second kappa shape index (κ2) is 6.92. The molecule has 18 heavy (non-hydrogen) atoms. The fraction of sp³-hybridized carbons (Fsp3) is 0.333. The first-order chi connectivity index (χ1) is 8.78. The van der Waals surface area contributed by atoms with E-state index in [4.69, 9.17) is 4.52 Å². The van der Waals surface area contributed by atoms with Crippen LogP contribution in [0.25, 0.3) is 0 Å². The van der Waals surface area contributed by atoms with Crippen molar-refractivity contribution in [1.29, 1.82) is 0 Å². The molecule has 0 saturated heterocycles. The van der Waals surface area contributed by atoms with Crippen molar-refractivity contribution in [2.24, 2.45) is 0 Å². The van der Waals surface area contributed by atoms with Crippen molar-refractivity contribution in [3.63, 3.8) is 0 Å². The Hall–Kier alpha value is -0.850. The number of rotatable bonds is 6. The predicted molar refractivity (Wildman–Crippen MR) is 75.4 cm³/mol. The highest BCUT2D eigenvalue weighted by Crippen LogP contribution is 2.23. The quantitative estimate of drug-likeness (QED) is 0.825. The molecular weight excluding hydrogens is 314 g/mol. The van der Waals surface area contributed by atoms with Crippen molar-refractivity contribution in [3.05, 3.63) is 40.5 Å². The first-order valence-electron chi connectivity index (χ1n) is 5.68. The lowest BCUT2D eigenvalue weighted by Crippen LogP contribution is -2.11. The SMILES string of the molecule is CCNCc1nc(CSc2ccc(Br)cc2)no1. The molecule has 2 aromatic rings. The van der Waals surface area contributed by atoms with Crippen LogP contribution in [0.4, 0.5) is 0 Å². The van der Waals surface area contributed by atoms with Gasteiger partial charge in [-0.15, -0.1) is 11.8 Å². The van der Waals surface area contributed by atoms with Crippen LogP contribution < -0.4 is 5.32 Å². The largest absolute Gasteiger partial charge is 0.338 e. The fourth-order valence-corrected chi connectivity index (χ4v) is 2.34. The van der Waals surface area contributed by atoms with Crippen LogP contribution in [0, 0.1) is 0 Å². The smallest absolute Gasteiger partial charge is 0.240 e. The van der Waals surface area contributed by atoms with Crippen molar-refractivity contribution in [3.8, 4) is 0 Å². The highest BCUT2D eigenvalue weighted by Gasteiger charge is 2.06. The first kappa shape index (κ1) is 13.6. The zero-order chi connectivity index (χ0) is 12.8. The number of benzene rings is 1. The topological polar surface area (TPSA) is 51.0 Å². The lowest BCUT2D eigenvalue weighted by atomic mass is 10.4. The van der Waals surface area contributed by atoms with Crippen LogP contribution in [0.5, 0.6) is 0 Å². The number of hydrogen-bond donors (Lipinski definition) is 1. The molecule has 0 aliphatic heterocycles. The monoisotopic (exact) mass is 327 g/mol. The molecule has 6 heteroatoms. The molecule has 1 heterocycles. The lowest BCUT2D eigenvalue weighted by molar-refractivity contribution is 0.365. The molecule has 0 aliphatic rings. The van der Waals surface area contributed by atoms with E-state index in [-0.39, 0.29) is 0 Å². The maximum atomic E-state index is 5.13. The summed E-state index contributed by atoms with van der Waals surface area (Å²) in [4.78, 5) is 5.50. The van der Waals surface area contributed by atoms with Crippen molar-refractivity contribution < 1.29 is 4.52 Å². The van der Waals surface area contributed by atoms with Gasteiger partial charge in [0.2, 0.25) is 5.89 Å². The lowest BCUT2D eigenvalue weighted by Gasteiger charge is -1.98. The molecule has 0 saturated carbocycles. The van der Waals surface area contributed by atoms with E-state index in [1.54, 1.807) is 11.8 Å². The molecule has 0 unspecified atom stereocenters. The van der Waals surface area contributed by atoms with Crippen LogP contribution in [-0.2, 0) is 12.3 Å². The van der Waals surface area contributed by atoms with E-state index in [1.165, 1.54) is 4.90 Å². The van der Waals surface area contributed by atoms with Crippen LogP contribution in [0.2, 0.25) is 0 Å². The summed E-state index contributed by atoms with van der Waals surface area (Å²) in [5, 5.41) is 7.10. The van der Waals surface area contributed by atoms with Crippen molar-refractivity contribution in [2.45, 2.75) is 24.1 Å². The molecule has 4 nitrogen and oxygen atoms in total. The molecule has 1 aromatic heterocycles. The summed E-state index contributed by atoms with van der Waals surface area (Å²) in [6.07, 6.45) is 0. The van der Waals surface area contributed by atoms with Crippen molar-refractivity contribution in [1.82, 2.24) is 15.5 Å². The molecule has 2 rings (SSSR count). The molecule has 0 amide bonds. The molecular formula is C12H14BrN3OS. The third kappa shape index (κ3) is 4.12. The molecule has 96 valence electrons. The Morgan fingerprint density at radius 1 is 1.33 bits per heavy atom. The highest BCUT2D eigenvalue weighted by atomic mass is 79.9. The summed E-state index contributed by atoms with van der Waals surface area (Å²) < 4.78 is 6.21. The Morgan fingerprint density at radius 2 is 2.11 bits per heavy atom. The predicted octanol–water partition coefficient (Wildman–Crippen LogP) is 3.23. The maximum Gasteiger partial charge on any atom is 0.240 e. The molecule has 0 fully saturated rings.